The first-order valence-electron chi connectivity index (χ1n) is 6.58. The Kier molecular flexibility index (Phi) is 4.25. The molecular formula is C14H16BrN3S. The number of piperidine rings is 1. The lowest BCUT2D eigenvalue weighted by molar-refractivity contribution is 0.371. The summed E-state index contributed by atoms with van der Waals surface area (Å²) in [5.74, 6) is 1.65. The number of aromatic nitrogens is 2. The van der Waals surface area contributed by atoms with E-state index in [1.165, 1.54) is 17.7 Å². The molecule has 1 saturated heterocycles. The number of thiophene rings is 1. The first kappa shape index (κ1) is 13.2. The molecule has 5 heteroatoms. The summed E-state index contributed by atoms with van der Waals surface area (Å²) in [5, 5.41) is 5.53. The van der Waals surface area contributed by atoms with Crippen LogP contribution in [0.15, 0.2) is 28.2 Å². The molecule has 0 aromatic carbocycles. The van der Waals surface area contributed by atoms with Crippen LogP contribution in [-0.4, -0.2) is 23.1 Å². The monoisotopic (exact) mass is 337 g/mol. The fraction of sp³-hybridized carbons (Fsp3) is 0.429. The number of nitrogens with one attached hydrogen (secondary N) is 1. The van der Waals surface area contributed by atoms with Crippen LogP contribution < -0.4 is 5.32 Å². The standard InChI is InChI=1S/C14H16BrN3S/c15-11-7-13(19-9-11)12-3-5-17-14(18-12)6-10-2-1-4-16-8-10/h3,5,7,9-10,16H,1-2,4,6,8H2. The number of rotatable bonds is 3. The van der Waals surface area contributed by atoms with Crippen LogP contribution in [-0.2, 0) is 6.42 Å². The van der Waals surface area contributed by atoms with E-state index in [1.54, 1.807) is 11.3 Å². The van der Waals surface area contributed by atoms with Crippen molar-refractivity contribution in [3.8, 4) is 10.6 Å². The van der Waals surface area contributed by atoms with Crippen molar-refractivity contribution in [3.05, 3.63) is 34.0 Å². The van der Waals surface area contributed by atoms with Crippen LogP contribution in [0.1, 0.15) is 18.7 Å². The van der Waals surface area contributed by atoms with E-state index >= 15 is 0 Å². The van der Waals surface area contributed by atoms with Crippen LogP contribution in [0.5, 0.6) is 0 Å². The minimum absolute atomic E-state index is 0.680. The first-order valence-corrected chi connectivity index (χ1v) is 8.25. The Hall–Kier alpha value is -0.780. The van der Waals surface area contributed by atoms with Crippen molar-refractivity contribution >= 4 is 27.3 Å². The topological polar surface area (TPSA) is 37.8 Å². The minimum Gasteiger partial charge on any atom is -0.316 e. The van der Waals surface area contributed by atoms with Gasteiger partial charge in [0, 0.05) is 22.5 Å². The van der Waals surface area contributed by atoms with Crippen molar-refractivity contribution in [3.63, 3.8) is 0 Å². The van der Waals surface area contributed by atoms with Crippen molar-refractivity contribution in [2.24, 2.45) is 5.92 Å². The minimum atomic E-state index is 0.680. The Balaban J connectivity index is 1.75. The van der Waals surface area contributed by atoms with Crippen molar-refractivity contribution in [2.75, 3.05) is 13.1 Å². The molecule has 1 fully saturated rings. The third-order valence-electron chi connectivity index (χ3n) is 3.40. The highest BCUT2D eigenvalue weighted by Gasteiger charge is 2.15. The van der Waals surface area contributed by atoms with Gasteiger partial charge in [0.05, 0.1) is 10.6 Å². The molecule has 0 aliphatic carbocycles. The van der Waals surface area contributed by atoms with Gasteiger partial charge in [-0.2, -0.15) is 0 Å². The predicted molar refractivity (Wildman–Crippen MR) is 82.3 cm³/mol. The highest BCUT2D eigenvalue weighted by Crippen LogP contribution is 2.28. The van der Waals surface area contributed by atoms with E-state index in [4.69, 9.17) is 4.98 Å². The molecule has 1 N–H and O–H groups in total. The average Bonchev–Trinajstić information content (AvgIpc) is 2.87. The predicted octanol–water partition coefficient (Wildman–Crippen LogP) is 3.51. The zero-order valence-electron chi connectivity index (χ0n) is 10.6. The first-order chi connectivity index (χ1) is 9.31. The summed E-state index contributed by atoms with van der Waals surface area (Å²) in [6, 6.07) is 4.10. The smallest absolute Gasteiger partial charge is 0.129 e. The molecule has 1 unspecified atom stereocenters. The maximum atomic E-state index is 4.70. The lowest BCUT2D eigenvalue weighted by Crippen LogP contribution is -2.31. The summed E-state index contributed by atoms with van der Waals surface area (Å²) in [6.07, 6.45) is 5.41. The normalized spacial score (nSPS) is 19.5. The van der Waals surface area contributed by atoms with E-state index in [9.17, 15) is 0 Å². The van der Waals surface area contributed by atoms with Gasteiger partial charge in [-0.25, -0.2) is 9.97 Å². The molecule has 19 heavy (non-hydrogen) atoms. The van der Waals surface area contributed by atoms with E-state index in [2.05, 4.69) is 37.7 Å². The molecule has 0 bridgehead atoms. The average molecular weight is 338 g/mol. The van der Waals surface area contributed by atoms with Crippen molar-refractivity contribution in [2.45, 2.75) is 19.3 Å². The lowest BCUT2D eigenvalue weighted by atomic mass is 9.96. The van der Waals surface area contributed by atoms with Crippen LogP contribution >= 0.6 is 27.3 Å². The van der Waals surface area contributed by atoms with E-state index < -0.39 is 0 Å². The summed E-state index contributed by atoms with van der Waals surface area (Å²) in [4.78, 5) is 10.3. The van der Waals surface area contributed by atoms with E-state index in [0.717, 1.165) is 35.5 Å². The fourth-order valence-corrected chi connectivity index (χ4v) is 3.84. The van der Waals surface area contributed by atoms with Gasteiger partial charge in [-0.15, -0.1) is 11.3 Å². The van der Waals surface area contributed by atoms with Gasteiger partial charge in [-0.1, -0.05) is 0 Å². The molecule has 1 atom stereocenters. The Morgan fingerprint density at radius 1 is 1.47 bits per heavy atom. The lowest BCUT2D eigenvalue weighted by Gasteiger charge is -2.21. The second kappa shape index (κ2) is 6.11. The molecule has 3 rings (SSSR count). The Bertz CT molecular complexity index is 549. The van der Waals surface area contributed by atoms with E-state index in [0.29, 0.717) is 5.92 Å². The van der Waals surface area contributed by atoms with Gasteiger partial charge in [0.25, 0.3) is 0 Å². The SMILES string of the molecule is Brc1csc(-c2ccnc(CC3CCCNC3)n2)c1. The Morgan fingerprint density at radius 3 is 3.16 bits per heavy atom. The zero-order valence-corrected chi connectivity index (χ0v) is 13.0. The molecule has 2 aromatic rings. The second-order valence-corrected chi connectivity index (χ2v) is 6.73. The summed E-state index contributed by atoms with van der Waals surface area (Å²) < 4.78 is 1.11. The maximum Gasteiger partial charge on any atom is 0.129 e. The van der Waals surface area contributed by atoms with Crippen LogP contribution in [0.3, 0.4) is 0 Å². The van der Waals surface area contributed by atoms with Gasteiger partial charge in [0.1, 0.15) is 5.82 Å². The molecule has 1 aliphatic heterocycles. The van der Waals surface area contributed by atoms with Crippen LogP contribution in [0.4, 0.5) is 0 Å². The summed E-state index contributed by atoms with van der Waals surface area (Å²) >= 11 is 5.19. The van der Waals surface area contributed by atoms with Crippen LogP contribution in [0, 0.1) is 5.92 Å². The molecule has 100 valence electrons. The van der Waals surface area contributed by atoms with E-state index in [-0.39, 0.29) is 0 Å². The zero-order chi connectivity index (χ0) is 13.1. The Labute approximate surface area is 125 Å². The van der Waals surface area contributed by atoms with Crippen LogP contribution in [0.25, 0.3) is 10.6 Å². The van der Waals surface area contributed by atoms with Gasteiger partial charge in [0.15, 0.2) is 0 Å². The molecule has 2 aromatic heterocycles. The van der Waals surface area contributed by atoms with Crippen LogP contribution in [0.2, 0.25) is 0 Å². The fourth-order valence-electron chi connectivity index (χ4n) is 2.44. The number of hydrogen-bond acceptors (Lipinski definition) is 4. The molecule has 0 spiro atoms. The number of hydrogen-bond donors (Lipinski definition) is 1. The third kappa shape index (κ3) is 3.41. The summed E-state index contributed by atoms with van der Waals surface area (Å²) in [5.41, 5.74) is 1.03. The van der Waals surface area contributed by atoms with Gasteiger partial charge in [0.2, 0.25) is 0 Å². The molecule has 3 nitrogen and oxygen atoms in total. The van der Waals surface area contributed by atoms with Crippen molar-refractivity contribution < 1.29 is 0 Å². The molecule has 0 saturated carbocycles. The van der Waals surface area contributed by atoms with Crippen molar-refractivity contribution in [1.82, 2.24) is 15.3 Å². The highest BCUT2D eigenvalue weighted by atomic mass is 79.9. The molecule has 1 aliphatic rings. The molecular weight excluding hydrogens is 322 g/mol. The maximum absolute atomic E-state index is 4.70. The van der Waals surface area contributed by atoms with Gasteiger partial charge < -0.3 is 5.32 Å². The van der Waals surface area contributed by atoms with E-state index in [1.807, 2.05) is 12.3 Å². The molecule has 3 heterocycles. The summed E-state index contributed by atoms with van der Waals surface area (Å²) in [7, 11) is 0. The quantitative estimate of drug-likeness (QED) is 0.931. The highest BCUT2D eigenvalue weighted by molar-refractivity contribution is 9.10. The second-order valence-electron chi connectivity index (χ2n) is 4.90. The Morgan fingerprint density at radius 2 is 2.42 bits per heavy atom. The van der Waals surface area contributed by atoms with Gasteiger partial charge >= 0.3 is 0 Å². The van der Waals surface area contributed by atoms with Gasteiger partial charge in [-0.05, 0) is 59.9 Å². The largest absolute Gasteiger partial charge is 0.316 e. The third-order valence-corrected chi connectivity index (χ3v) is 5.11. The van der Waals surface area contributed by atoms with Crippen molar-refractivity contribution in [1.29, 1.82) is 0 Å². The van der Waals surface area contributed by atoms with Gasteiger partial charge in [-0.3, -0.25) is 0 Å². The summed E-state index contributed by atoms with van der Waals surface area (Å²) in [6.45, 7) is 2.25. The molecule has 0 amide bonds. The number of halogens is 1. The molecule has 0 radical (unpaired) electrons. The number of nitrogens with zero attached hydrogens (tertiary/aromatic N) is 2.